The lowest BCUT2D eigenvalue weighted by molar-refractivity contribution is 0.652. The van der Waals surface area contributed by atoms with Gasteiger partial charge in [0.05, 0.1) is 0 Å². The Balaban J connectivity index is 2.68. The SMILES string of the molecule is CC(N)CCC[SiH3]. The zero-order valence-corrected chi connectivity index (χ0v) is 7.28. The molecule has 0 aliphatic carbocycles. The summed E-state index contributed by atoms with van der Waals surface area (Å²) in [6.07, 6.45) is 2.55. The zero-order valence-electron chi connectivity index (χ0n) is 5.28. The van der Waals surface area contributed by atoms with Gasteiger partial charge in [0.2, 0.25) is 0 Å². The van der Waals surface area contributed by atoms with Gasteiger partial charge in [-0.3, -0.25) is 0 Å². The van der Waals surface area contributed by atoms with Crippen molar-refractivity contribution in [2.24, 2.45) is 5.73 Å². The van der Waals surface area contributed by atoms with Crippen molar-refractivity contribution in [3.05, 3.63) is 0 Å². The van der Waals surface area contributed by atoms with Crippen LogP contribution in [0.1, 0.15) is 19.8 Å². The lowest BCUT2D eigenvalue weighted by Crippen LogP contribution is -2.13. The van der Waals surface area contributed by atoms with E-state index in [0.717, 1.165) is 0 Å². The second kappa shape index (κ2) is 4.34. The minimum atomic E-state index is 0.425. The van der Waals surface area contributed by atoms with Crippen molar-refractivity contribution in [3.8, 4) is 0 Å². The highest BCUT2D eigenvalue weighted by Crippen LogP contribution is 1.94. The van der Waals surface area contributed by atoms with Gasteiger partial charge in [-0.25, -0.2) is 0 Å². The molecule has 0 radical (unpaired) electrons. The molecule has 0 amide bonds. The largest absolute Gasteiger partial charge is 0.328 e. The Labute approximate surface area is 48.7 Å². The van der Waals surface area contributed by atoms with Crippen molar-refractivity contribution in [2.75, 3.05) is 0 Å². The van der Waals surface area contributed by atoms with E-state index in [1.165, 1.54) is 29.1 Å². The Morgan fingerprint density at radius 3 is 2.43 bits per heavy atom. The van der Waals surface area contributed by atoms with Gasteiger partial charge in [-0.15, -0.1) is 0 Å². The van der Waals surface area contributed by atoms with E-state index >= 15 is 0 Å². The van der Waals surface area contributed by atoms with E-state index in [4.69, 9.17) is 5.73 Å². The van der Waals surface area contributed by atoms with Crippen LogP contribution in [0.2, 0.25) is 6.04 Å². The maximum Gasteiger partial charge on any atom is 0.00279 e. The Kier molecular flexibility index (Phi) is 4.45. The van der Waals surface area contributed by atoms with Crippen LogP contribution in [-0.2, 0) is 0 Å². The molecule has 0 rings (SSSR count). The third-order valence-electron chi connectivity index (χ3n) is 1.01. The van der Waals surface area contributed by atoms with Gasteiger partial charge in [-0.05, 0) is 13.3 Å². The molecule has 0 aliphatic heterocycles. The van der Waals surface area contributed by atoms with Gasteiger partial charge in [-0.2, -0.15) is 0 Å². The average molecular weight is 117 g/mol. The number of nitrogens with two attached hydrogens (primary N) is 1. The summed E-state index contributed by atoms with van der Waals surface area (Å²) in [7, 11) is 1.34. The second-order valence-electron chi connectivity index (χ2n) is 2.12. The van der Waals surface area contributed by atoms with Crippen LogP contribution >= 0.6 is 0 Å². The third-order valence-corrected chi connectivity index (χ3v) is 1.72. The highest BCUT2D eigenvalue weighted by atomic mass is 28.1. The fourth-order valence-electron chi connectivity index (χ4n) is 0.526. The number of hydrogen-bond acceptors (Lipinski definition) is 1. The summed E-state index contributed by atoms with van der Waals surface area (Å²) >= 11 is 0. The smallest absolute Gasteiger partial charge is 0.00279 e. The molecule has 0 spiro atoms. The van der Waals surface area contributed by atoms with Crippen molar-refractivity contribution >= 4 is 10.2 Å². The van der Waals surface area contributed by atoms with Gasteiger partial charge in [0.25, 0.3) is 0 Å². The Morgan fingerprint density at radius 1 is 1.71 bits per heavy atom. The van der Waals surface area contributed by atoms with Crippen LogP contribution in [0.5, 0.6) is 0 Å². The number of rotatable bonds is 3. The molecule has 0 saturated carbocycles. The minimum Gasteiger partial charge on any atom is -0.328 e. The summed E-state index contributed by atoms with van der Waals surface area (Å²) in [6, 6.07) is 1.83. The van der Waals surface area contributed by atoms with Crippen LogP contribution in [0.15, 0.2) is 0 Å². The summed E-state index contributed by atoms with van der Waals surface area (Å²) in [6.45, 7) is 2.07. The number of hydrogen-bond donors (Lipinski definition) is 1. The van der Waals surface area contributed by atoms with Crippen molar-refractivity contribution in [1.82, 2.24) is 0 Å². The van der Waals surface area contributed by atoms with E-state index in [1.54, 1.807) is 0 Å². The maximum absolute atomic E-state index is 5.49. The fraction of sp³-hybridized carbons (Fsp3) is 1.00. The molecule has 0 bridgehead atoms. The first kappa shape index (κ1) is 7.18. The Morgan fingerprint density at radius 2 is 2.29 bits per heavy atom. The summed E-state index contributed by atoms with van der Waals surface area (Å²) in [5, 5.41) is 0. The first-order valence-corrected chi connectivity index (χ1v) is 4.44. The molecule has 1 atom stereocenters. The molecule has 0 saturated heterocycles. The molecule has 1 nitrogen and oxygen atoms in total. The van der Waals surface area contributed by atoms with E-state index in [9.17, 15) is 0 Å². The van der Waals surface area contributed by atoms with Gasteiger partial charge in [0, 0.05) is 16.3 Å². The maximum atomic E-state index is 5.49. The molecule has 0 heterocycles. The molecule has 0 fully saturated rings. The van der Waals surface area contributed by atoms with Gasteiger partial charge in [-0.1, -0.05) is 12.5 Å². The summed E-state index contributed by atoms with van der Waals surface area (Å²) < 4.78 is 0. The van der Waals surface area contributed by atoms with Gasteiger partial charge < -0.3 is 5.73 Å². The lowest BCUT2D eigenvalue weighted by atomic mass is 10.2. The first-order valence-electron chi connectivity index (χ1n) is 3.03. The van der Waals surface area contributed by atoms with E-state index in [-0.39, 0.29) is 0 Å². The van der Waals surface area contributed by atoms with E-state index < -0.39 is 0 Å². The fourth-order valence-corrected chi connectivity index (χ4v) is 0.934. The average Bonchev–Trinajstić information content (AvgIpc) is 1.61. The van der Waals surface area contributed by atoms with Crippen molar-refractivity contribution < 1.29 is 0 Å². The molecule has 1 unspecified atom stereocenters. The van der Waals surface area contributed by atoms with E-state index in [2.05, 4.69) is 6.92 Å². The summed E-state index contributed by atoms with van der Waals surface area (Å²) in [5.41, 5.74) is 5.49. The van der Waals surface area contributed by atoms with Crippen LogP contribution in [-0.4, -0.2) is 16.3 Å². The molecule has 0 aromatic carbocycles. The molecule has 7 heavy (non-hydrogen) atoms. The summed E-state index contributed by atoms with van der Waals surface area (Å²) in [4.78, 5) is 0. The molecular weight excluding hydrogens is 102 g/mol. The van der Waals surface area contributed by atoms with Crippen LogP contribution in [0.25, 0.3) is 0 Å². The van der Waals surface area contributed by atoms with Crippen molar-refractivity contribution in [1.29, 1.82) is 0 Å². The highest BCUT2D eigenvalue weighted by Gasteiger charge is 1.88. The predicted octanol–water partition coefficient (Wildman–Crippen LogP) is -0.102. The zero-order chi connectivity index (χ0) is 5.70. The monoisotopic (exact) mass is 117 g/mol. The minimum absolute atomic E-state index is 0.425. The van der Waals surface area contributed by atoms with Crippen LogP contribution in [0, 0.1) is 0 Å². The highest BCUT2D eigenvalue weighted by molar-refractivity contribution is 6.08. The molecule has 2 N–H and O–H groups in total. The molecule has 44 valence electrons. The molecule has 0 aliphatic rings. The van der Waals surface area contributed by atoms with Gasteiger partial charge in [0.1, 0.15) is 0 Å². The van der Waals surface area contributed by atoms with Crippen molar-refractivity contribution in [2.45, 2.75) is 31.9 Å². The standard InChI is InChI=1S/C5H15NSi/c1-5(6)3-2-4-7/h5H,2-4,6H2,1,7H3. The summed E-state index contributed by atoms with van der Waals surface area (Å²) in [5.74, 6) is 0. The first-order chi connectivity index (χ1) is 3.27. The third kappa shape index (κ3) is 6.18. The van der Waals surface area contributed by atoms with Gasteiger partial charge in [0.15, 0.2) is 0 Å². The Hall–Kier alpha value is 0.177. The van der Waals surface area contributed by atoms with Crippen LogP contribution in [0.3, 0.4) is 0 Å². The van der Waals surface area contributed by atoms with E-state index in [0.29, 0.717) is 6.04 Å². The topological polar surface area (TPSA) is 26.0 Å². The predicted molar refractivity (Wildman–Crippen MR) is 37.6 cm³/mol. The van der Waals surface area contributed by atoms with E-state index in [1.807, 2.05) is 0 Å². The van der Waals surface area contributed by atoms with Gasteiger partial charge >= 0.3 is 0 Å². The van der Waals surface area contributed by atoms with Crippen LogP contribution in [0.4, 0.5) is 0 Å². The normalized spacial score (nSPS) is 14.6. The molecule has 0 aromatic heterocycles. The van der Waals surface area contributed by atoms with Crippen molar-refractivity contribution in [3.63, 3.8) is 0 Å². The Bertz CT molecular complexity index is 37.1. The second-order valence-corrected chi connectivity index (χ2v) is 3.12. The quantitative estimate of drug-likeness (QED) is 0.513. The molecule has 2 heteroatoms. The molecule has 0 aromatic rings. The molecular formula is C5H15NSi. The van der Waals surface area contributed by atoms with Crippen LogP contribution < -0.4 is 5.73 Å². The lowest BCUT2D eigenvalue weighted by Gasteiger charge is -1.99.